The van der Waals surface area contributed by atoms with Crippen LogP contribution < -0.4 is 0 Å². The van der Waals surface area contributed by atoms with Gasteiger partial charge < -0.3 is 29.1 Å². The molecule has 0 saturated heterocycles. The SMILES string of the molecule is CCCCCCCCC(CCCCCC)C(=O)OCCCCCCN(CCCCCCOC(=O)CCN(CCCCCC)CCCCCCCC)CCOCCO. The first-order valence-corrected chi connectivity index (χ1v) is 25.0. The van der Waals surface area contributed by atoms with Gasteiger partial charge in [0.1, 0.15) is 0 Å². The van der Waals surface area contributed by atoms with Crippen LogP contribution in [0.5, 0.6) is 0 Å². The fourth-order valence-corrected chi connectivity index (χ4v) is 7.66. The van der Waals surface area contributed by atoms with Crippen LogP contribution in [0, 0.1) is 5.92 Å². The van der Waals surface area contributed by atoms with Crippen LogP contribution in [0.25, 0.3) is 0 Å². The summed E-state index contributed by atoms with van der Waals surface area (Å²) in [6.45, 7) is 17.1. The van der Waals surface area contributed by atoms with E-state index in [1.54, 1.807) is 0 Å². The summed E-state index contributed by atoms with van der Waals surface area (Å²) in [5.41, 5.74) is 0. The first-order valence-electron chi connectivity index (χ1n) is 25.0. The van der Waals surface area contributed by atoms with Crippen LogP contribution in [0.1, 0.15) is 227 Å². The molecule has 8 heteroatoms. The summed E-state index contributed by atoms with van der Waals surface area (Å²) < 4.78 is 17.0. The molecule has 0 aliphatic carbocycles. The Bertz CT molecular complexity index is 830. The fraction of sp³-hybridized carbons (Fsp3) is 0.959. The van der Waals surface area contributed by atoms with Crippen molar-refractivity contribution >= 4 is 11.9 Å². The minimum Gasteiger partial charge on any atom is -0.466 e. The smallest absolute Gasteiger partial charge is 0.308 e. The molecule has 1 unspecified atom stereocenters. The van der Waals surface area contributed by atoms with Gasteiger partial charge in [-0.3, -0.25) is 9.59 Å². The number of unbranched alkanes of at least 4 members (excludes halogenated alkanes) is 22. The quantitative estimate of drug-likeness (QED) is 0.0480. The number of hydrogen-bond donors (Lipinski definition) is 1. The Morgan fingerprint density at radius 3 is 1.30 bits per heavy atom. The van der Waals surface area contributed by atoms with Crippen LogP contribution in [0.3, 0.4) is 0 Å². The number of carbonyl (C=O) groups is 2. The number of aliphatic hydroxyl groups is 1. The van der Waals surface area contributed by atoms with Crippen LogP contribution in [0.4, 0.5) is 0 Å². The monoisotopic (exact) mass is 811 g/mol. The second-order valence-electron chi connectivity index (χ2n) is 16.9. The molecule has 0 aliphatic heterocycles. The molecule has 0 rings (SSSR count). The summed E-state index contributed by atoms with van der Waals surface area (Å²) in [4.78, 5) is 30.5. The molecule has 0 bridgehead atoms. The van der Waals surface area contributed by atoms with Gasteiger partial charge in [0, 0.05) is 13.1 Å². The van der Waals surface area contributed by atoms with E-state index in [-0.39, 0.29) is 24.5 Å². The van der Waals surface area contributed by atoms with Crippen molar-refractivity contribution in [2.75, 3.05) is 72.3 Å². The van der Waals surface area contributed by atoms with Gasteiger partial charge in [0.05, 0.1) is 45.4 Å². The Morgan fingerprint density at radius 2 is 0.807 bits per heavy atom. The molecule has 0 saturated carbocycles. The van der Waals surface area contributed by atoms with E-state index >= 15 is 0 Å². The first kappa shape index (κ1) is 55.8. The number of esters is 2. The maximum atomic E-state index is 13.0. The molecule has 0 radical (unpaired) electrons. The number of aliphatic hydroxyl groups excluding tert-OH is 1. The van der Waals surface area contributed by atoms with Crippen molar-refractivity contribution in [3.05, 3.63) is 0 Å². The number of ether oxygens (including phenoxy) is 3. The highest BCUT2D eigenvalue weighted by atomic mass is 16.5. The van der Waals surface area contributed by atoms with E-state index in [0.717, 1.165) is 116 Å². The number of rotatable bonds is 47. The van der Waals surface area contributed by atoms with E-state index < -0.39 is 0 Å². The zero-order chi connectivity index (χ0) is 41.7. The zero-order valence-electron chi connectivity index (χ0n) is 38.7. The van der Waals surface area contributed by atoms with Gasteiger partial charge in [-0.05, 0) is 77.5 Å². The molecule has 0 aromatic carbocycles. The van der Waals surface area contributed by atoms with E-state index in [0.29, 0.717) is 32.8 Å². The normalized spacial score (nSPS) is 12.2. The third-order valence-electron chi connectivity index (χ3n) is 11.5. The van der Waals surface area contributed by atoms with Crippen molar-refractivity contribution in [3.63, 3.8) is 0 Å². The molecule has 1 N–H and O–H groups in total. The van der Waals surface area contributed by atoms with Gasteiger partial charge in [0.2, 0.25) is 0 Å². The molecule has 57 heavy (non-hydrogen) atoms. The van der Waals surface area contributed by atoms with Crippen LogP contribution in [-0.2, 0) is 23.8 Å². The average molecular weight is 811 g/mol. The Balaban J connectivity index is 4.35. The molecular weight excluding hydrogens is 713 g/mol. The van der Waals surface area contributed by atoms with E-state index in [1.165, 1.54) is 116 Å². The summed E-state index contributed by atoms with van der Waals surface area (Å²) >= 11 is 0. The fourth-order valence-electron chi connectivity index (χ4n) is 7.66. The predicted octanol–water partition coefficient (Wildman–Crippen LogP) is 12.5. The molecule has 0 aromatic rings. The van der Waals surface area contributed by atoms with Crippen molar-refractivity contribution in [3.8, 4) is 0 Å². The zero-order valence-corrected chi connectivity index (χ0v) is 38.7. The van der Waals surface area contributed by atoms with Crippen molar-refractivity contribution in [2.45, 2.75) is 227 Å². The van der Waals surface area contributed by atoms with Gasteiger partial charge in [-0.15, -0.1) is 0 Å². The minimum atomic E-state index is -0.0470. The van der Waals surface area contributed by atoms with E-state index in [1.807, 2.05) is 0 Å². The lowest BCUT2D eigenvalue weighted by molar-refractivity contribution is -0.149. The summed E-state index contributed by atoms with van der Waals surface area (Å²) in [7, 11) is 0. The average Bonchev–Trinajstić information content (AvgIpc) is 3.21. The third kappa shape index (κ3) is 40.0. The van der Waals surface area contributed by atoms with Crippen molar-refractivity contribution in [2.24, 2.45) is 5.92 Å². The second kappa shape index (κ2) is 45.9. The summed E-state index contributed by atoms with van der Waals surface area (Å²) in [6, 6.07) is 0. The molecule has 8 nitrogen and oxygen atoms in total. The Morgan fingerprint density at radius 1 is 0.421 bits per heavy atom. The second-order valence-corrected chi connectivity index (χ2v) is 16.9. The maximum Gasteiger partial charge on any atom is 0.308 e. The molecule has 340 valence electrons. The Kier molecular flexibility index (Phi) is 44.9. The van der Waals surface area contributed by atoms with E-state index in [4.69, 9.17) is 19.3 Å². The van der Waals surface area contributed by atoms with Crippen molar-refractivity contribution in [1.29, 1.82) is 0 Å². The molecule has 0 spiro atoms. The molecule has 0 aliphatic rings. The van der Waals surface area contributed by atoms with Crippen LogP contribution in [0.15, 0.2) is 0 Å². The van der Waals surface area contributed by atoms with Crippen molar-refractivity contribution < 1.29 is 28.9 Å². The molecule has 0 heterocycles. The van der Waals surface area contributed by atoms with Gasteiger partial charge in [0.25, 0.3) is 0 Å². The Labute approximate surface area is 354 Å². The lowest BCUT2D eigenvalue weighted by Crippen LogP contribution is -2.30. The van der Waals surface area contributed by atoms with Crippen LogP contribution >= 0.6 is 0 Å². The molecular formula is C49H98N2O6. The number of nitrogens with zero attached hydrogens (tertiary/aromatic N) is 2. The number of hydrogen-bond acceptors (Lipinski definition) is 8. The number of carbonyl (C=O) groups excluding carboxylic acids is 2. The Hall–Kier alpha value is -1.22. The highest BCUT2D eigenvalue weighted by Crippen LogP contribution is 2.21. The summed E-state index contributed by atoms with van der Waals surface area (Å²) in [5, 5.41) is 9.11. The topological polar surface area (TPSA) is 88.5 Å². The van der Waals surface area contributed by atoms with Gasteiger partial charge in [-0.25, -0.2) is 0 Å². The van der Waals surface area contributed by atoms with E-state index in [9.17, 15) is 9.59 Å². The maximum absolute atomic E-state index is 13.0. The highest BCUT2D eigenvalue weighted by molar-refractivity contribution is 5.72. The first-order chi connectivity index (χ1) is 28.0. The highest BCUT2D eigenvalue weighted by Gasteiger charge is 2.19. The third-order valence-corrected chi connectivity index (χ3v) is 11.5. The lowest BCUT2D eigenvalue weighted by Gasteiger charge is -2.22. The van der Waals surface area contributed by atoms with Crippen LogP contribution in [0.2, 0.25) is 0 Å². The largest absolute Gasteiger partial charge is 0.466 e. The van der Waals surface area contributed by atoms with Crippen LogP contribution in [-0.4, -0.2) is 99.1 Å². The molecule has 1 atom stereocenters. The summed E-state index contributed by atoms with van der Waals surface area (Å²) in [5.74, 6) is 0.0747. The van der Waals surface area contributed by atoms with Gasteiger partial charge in [-0.2, -0.15) is 0 Å². The van der Waals surface area contributed by atoms with Gasteiger partial charge in [0.15, 0.2) is 0 Å². The molecule has 0 fully saturated rings. The molecule has 0 amide bonds. The lowest BCUT2D eigenvalue weighted by atomic mass is 9.94. The van der Waals surface area contributed by atoms with Gasteiger partial charge in [-0.1, -0.05) is 169 Å². The minimum absolute atomic E-state index is 0.0428. The standard InChI is InChI=1S/C49H98N2O6/c1-5-9-13-17-19-26-34-47(33-25-15-11-7-3)49(54)57-44-32-24-22-30-39-51(41-45-55-46-42-52)38-29-21-23-31-43-56-48(53)35-40-50(36-27-16-12-8-4)37-28-20-18-14-10-6-2/h47,52H,5-46H2,1-4H3. The van der Waals surface area contributed by atoms with E-state index in [2.05, 4.69) is 37.5 Å². The molecule has 0 aromatic heterocycles. The van der Waals surface area contributed by atoms with Crippen molar-refractivity contribution in [1.82, 2.24) is 9.80 Å². The predicted molar refractivity (Wildman–Crippen MR) is 242 cm³/mol. The summed E-state index contributed by atoms with van der Waals surface area (Å²) in [6.07, 6.45) is 36.3. The van der Waals surface area contributed by atoms with Gasteiger partial charge >= 0.3 is 11.9 Å².